The number of hydrogen-bond acceptors (Lipinski definition) is 6. The second-order valence-corrected chi connectivity index (χ2v) is 10.8. The quantitative estimate of drug-likeness (QED) is 0.120. The number of aryl methyl sites for hydroxylation is 2. The van der Waals surface area contributed by atoms with Gasteiger partial charge in [-0.25, -0.2) is 17.6 Å². The maximum absolute atomic E-state index is 13.3. The van der Waals surface area contributed by atoms with Gasteiger partial charge in [0.05, 0.1) is 23.1 Å². The van der Waals surface area contributed by atoms with Crippen LogP contribution in [0, 0.1) is 49.2 Å². The number of benzene rings is 4. The van der Waals surface area contributed by atoms with Crippen LogP contribution < -0.4 is 8.37 Å². The van der Waals surface area contributed by atoms with Crippen LogP contribution in [-0.2, 0) is 42.0 Å². The van der Waals surface area contributed by atoms with Gasteiger partial charge in [0.1, 0.15) is 9.79 Å². The average Bonchev–Trinajstić information content (AvgIpc) is 2.84. The van der Waals surface area contributed by atoms with Crippen molar-refractivity contribution in [3.8, 4) is 11.5 Å². The topological polar surface area (TPSA) is 86.7 Å². The van der Waals surface area contributed by atoms with Gasteiger partial charge < -0.3 is 8.37 Å². The zero-order chi connectivity index (χ0) is 28.1. The molecule has 13 heteroatoms. The first-order valence-electron chi connectivity index (χ1n) is 10.5. The average molecular weight is 614 g/mol. The minimum absolute atomic E-state index is 0. The molecule has 0 spiro atoms. The molecule has 0 saturated carbocycles. The second kappa shape index (κ2) is 13.2. The maximum atomic E-state index is 13.3. The first kappa shape index (κ1) is 32.0. The summed E-state index contributed by atoms with van der Waals surface area (Å²) in [6.07, 6.45) is 0. The molecule has 0 bridgehead atoms. The van der Waals surface area contributed by atoms with E-state index in [9.17, 15) is 34.4 Å². The second-order valence-electron chi connectivity index (χ2n) is 7.67. The van der Waals surface area contributed by atoms with E-state index < -0.39 is 55.0 Å². The molecule has 0 aliphatic carbocycles. The summed E-state index contributed by atoms with van der Waals surface area (Å²) in [7, 11) is -8.30. The van der Waals surface area contributed by atoms with Crippen molar-refractivity contribution in [3.63, 3.8) is 0 Å². The number of halogens is 4. The molecule has 0 aliphatic rings. The van der Waals surface area contributed by atoms with Crippen LogP contribution in [0.4, 0.5) is 17.6 Å². The Balaban J connectivity index is 0.000000267. The van der Waals surface area contributed by atoms with Gasteiger partial charge in [-0.05, 0) is 38.1 Å². The summed E-state index contributed by atoms with van der Waals surface area (Å²) < 4.78 is 108. The molecule has 0 aliphatic heterocycles. The van der Waals surface area contributed by atoms with E-state index in [1.807, 2.05) is 0 Å². The van der Waals surface area contributed by atoms with E-state index in [1.54, 1.807) is 50.2 Å². The van der Waals surface area contributed by atoms with Crippen LogP contribution in [0.15, 0.2) is 82.6 Å². The third kappa shape index (κ3) is 8.92. The van der Waals surface area contributed by atoms with Crippen LogP contribution >= 0.6 is 0 Å². The van der Waals surface area contributed by atoms with Gasteiger partial charge in [-0.1, -0.05) is 35.4 Å². The molecule has 6 nitrogen and oxygen atoms in total. The molecule has 0 aromatic heterocycles. The Bertz CT molecular complexity index is 1520. The van der Waals surface area contributed by atoms with E-state index in [-0.39, 0.29) is 31.5 Å². The van der Waals surface area contributed by atoms with E-state index in [4.69, 9.17) is 0 Å². The third-order valence-electron chi connectivity index (χ3n) is 4.67. The minimum atomic E-state index is -4.15. The summed E-state index contributed by atoms with van der Waals surface area (Å²) >= 11 is 0. The fourth-order valence-electron chi connectivity index (χ4n) is 2.73. The van der Waals surface area contributed by atoms with Crippen LogP contribution in [0.25, 0.3) is 0 Å². The van der Waals surface area contributed by atoms with Crippen molar-refractivity contribution in [1.29, 1.82) is 0 Å². The molecule has 39 heavy (non-hydrogen) atoms. The van der Waals surface area contributed by atoms with Gasteiger partial charge in [-0.2, -0.15) is 16.8 Å². The van der Waals surface area contributed by atoms with E-state index in [2.05, 4.69) is 8.37 Å². The van der Waals surface area contributed by atoms with Gasteiger partial charge in [-0.15, -0.1) is 36.4 Å². The summed E-state index contributed by atoms with van der Waals surface area (Å²) in [4.78, 5) is -0.219. The molecule has 4 rings (SSSR count). The molecule has 202 valence electrons. The number of hydrogen-bond donors (Lipinski definition) is 0. The maximum Gasteiger partial charge on any atom is 2.00 e. The summed E-state index contributed by atoms with van der Waals surface area (Å²) in [5, 5.41) is 0. The largest absolute Gasteiger partial charge is 2.00 e. The Morgan fingerprint density at radius 3 is 1.13 bits per heavy atom. The van der Waals surface area contributed by atoms with Crippen LogP contribution in [0.2, 0.25) is 0 Å². The van der Waals surface area contributed by atoms with Gasteiger partial charge >= 0.3 is 42.0 Å². The first-order chi connectivity index (χ1) is 17.8. The molecule has 0 atom stereocenters. The van der Waals surface area contributed by atoms with E-state index in [1.165, 1.54) is 24.3 Å². The zero-order valence-electron chi connectivity index (χ0n) is 20.2. The SMILES string of the molecule is Cc1ccc(S(=O)(=O)Oc2ccc(F)[c-]c2F)cc1.Cc1ccc(S(=O)(=O)Oc2ccc(F)[c-]c2F)cc1.[Ti+2]. The molecule has 4 aromatic rings. The Hall–Kier alpha value is -3.19. The fourth-order valence-corrected chi connectivity index (χ4v) is 4.59. The summed E-state index contributed by atoms with van der Waals surface area (Å²) in [6, 6.07) is 18.6. The molecule has 0 saturated heterocycles. The molecule has 0 heterocycles. The minimum Gasteiger partial charge on any atom is -0.440 e. The van der Waals surface area contributed by atoms with Crippen LogP contribution in [0.3, 0.4) is 0 Å². The van der Waals surface area contributed by atoms with E-state index >= 15 is 0 Å². The van der Waals surface area contributed by atoms with Gasteiger partial charge in [0.25, 0.3) is 0 Å². The summed E-state index contributed by atoms with van der Waals surface area (Å²) in [5.41, 5.74) is 1.75. The molecule has 4 aromatic carbocycles. The van der Waals surface area contributed by atoms with E-state index in [0.717, 1.165) is 35.4 Å². The van der Waals surface area contributed by atoms with Crippen LogP contribution in [-0.4, -0.2) is 16.8 Å². The molecular formula is C26H18F4O6S2Ti. The van der Waals surface area contributed by atoms with Crippen molar-refractivity contribution in [1.82, 2.24) is 0 Å². The summed E-state index contributed by atoms with van der Waals surface area (Å²) in [6.45, 7) is 3.59. The Labute approximate surface area is 238 Å². The van der Waals surface area contributed by atoms with Crippen LogP contribution in [0.5, 0.6) is 11.5 Å². The molecule has 0 radical (unpaired) electrons. The normalized spacial score (nSPS) is 11.0. The Morgan fingerprint density at radius 2 is 0.846 bits per heavy atom. The third-order valence-corrected chi connectivity index (χ3v) is 7.17. The standard InChI is InChI=1S/2C13H9F2O3S.Ti/c2*1-9-2-5-11(6-3-9)19(16,17)18-13-7-4-10(14)8-12(13)15;/h2*2-7H,1H3;/q2*-1;+2. The Kier molecular flexibility index (Phi) is 10.9. The predicted molar refractivity (Wildman–Crippen MR) is 128 cm³/mol. The molecular weight excluding hydrogens is 596 g/mol. The van der Waals surface area contributed by atoms with Gasteiger partial charge in [-0.3, -0.25) is 0 Å². The van der Waals surface area contributed by atoms with Crippen molar-refractivity contribution < 1.29 is 64.5 Å². The zero-order valence-corrected chi connectivity index (χ0v) is 23.4. The van der Waals surface area contributed by atoms with Crippen molar-refractivity contribution in [2.45, 2.75) is 23.6 Å². The van der Waals surface area contributed by atoms with Crippen molar-refractivity contribution in [2.24, 2.45) is 0 Å². The van der Waals surface area contributed by atoms with Crippen molar-refractivity contribution >= 4 is 20.2 Å². The van der Waals surface area contributed by atoms with Gasteiger partial charge in [0.2, 0.25) is 0 Å². The first-order valence-corrected chi connectivity index (χ1v) is 13.4. The molecule has 0 fully saturated rings. The van der Waals surface area contributed by atoms with Crippen molar-refractivity contribution in [2.75, 3.05) is 0 Å². The summed E-state index contributed by atoms with van der Waals surface area (Å²) in [5.74, 6) is -5.45. The van der Waals surface area contributed by atoms with Crippen LogP contribution in [0.1, 0.15) is 11.1 Å². The Morgan fingerprint density at radius 1 is 0.538 bits per heavy atom. The molecule has 0 amide bonds. The van der Waals surface area contributed by atoms with E-state index in [0.29, 0.717) is 0 Å². The van der Waals surface area contributed by atoms with Gasteiger partial charge in [0.15, 0.2) is 0 Å². The number of rotatable bonds is 6. The molecule has 0 unspecified atom stereocenters. The predicted octanol–water partition coefficient (Wildman–Crippen LogP) is 5.68. The smallest absolute Gasteiger partial charge is 0.440 e. The molecule has 0 N–H and O–H groups in total. The fraction of sp³-hybridized carbons (Fsp3) is 0.0769. The van der Waals surface area contributed by atoms with Gasteiger partial charge in [0, 0.05) is 11.6 Å². The van der Waals surface area contributed by atoms with Crippen molar-refractivity contribution in [3.05, 3.63) is 119 Å². The monoisotopic (exact) mass is 614 g/mol.